The number of ether oxygens (including phenoxy) is 1. The van der Waals surface area contributed by atoms with Crippen LogP contribution in [0.3, 0.4) is 0 Å². The van der Waals surface area contributed by atoms with Crippen LogP contribution in [-0.4, -0.2) is 20.3 Å². The molecule has 0 aliphatic carbocycles. The third kappa shape index (κ3) is 3.52. The highest BCUT2D eigenvalue weighted by Gasteiger charge is 2.31. The lowest BCUT2D eigenvalue weighted by Gasteiger charge is -2.22. The van der Waals surface area contributed by atoms with Gasteiger partial charge in [-0.25, -0.2) is 0 Å². The van der Waals surface area contributed by atoms with Crippen molar-refractivity contribution in [3.63, 3.8) is 0 Å². The van der Waals surface area contributed by atoms with Crippen molar-refractivity contribution in [1.29, 1.82) is 0 Å². The van der Waals surface area contributed by atoms with Crippen LogP contribution in [-0.2, 0) is 10.9 Å². The molecule has 1 aromatic carbocycles. The molecule has 2 rings (SSSR count). The van der Waals surface area contributed by atoms with Crippen LogP contribution >= 0.6 is 0 Å². The van der Waals surface area contributed by atoms with Gasteiger partial charge in [-0.1, -0.05) is 6.07 Å². The van der Waals surface area contributed by atoms with Crippen molar-refractivity contribution in [2.75, 3.05) is 20.3 Å². The van der Waals surface area contributed by atoms with Crippen LogP contribution in [0.4, 0.5) is 13.2 Å². The van der Waals surface area contributed by atoms with Gasteiger partial charge in [0.15, 0.2) is 0 Å². The zero-order valence-corrected chi connectivity index (χ0v) is 11.8. The van der Waals surface area contributed by atoms with E-state index < -0.39 is 11.7 Å². The van der Waals surface area contributed by atoms with Gasteiger partial charge in [0.2, 0.25) is 0 Å². The number of alkyl halides is 3. The Morgan fingerprint density at radius 2 is 2.15 bits per heavy atom. The van der Waals surface area contributed by atoms with Crippen LogP contribution in [0.15, 0.2) is 18.2 Å². The Balaban J connectivity index is 2.17. The minimum absolute atomic E-state index is 0.0731. The molecule has 0 spiro atoms. The van der Waals surface area contributed by atoms with Gasteiger partial charge in [0, 0.05) is 19.3 Å². The standard InChI is InChI=1S/C15H20F3NO/c1-10-7-12(15(16,17)18)3-4-13(10)14(19-2)8-11-5-6-20-9-11/h3-4,7,11,14,19H,5-6,8-9H2,1-2H3. The number of halogens is 3. The highest BCUT2D eigenvalue weighted by Crippen LogP contribution is 2.33. The summed E-state index contributed by atoms with van der Waals surface area (Å²) in [6.07, 6.45) is -2.36. The molecule has 2 atom stereocenters. The van der Waals surface area contributed by atoms with Gasteiger partial charge in [-0.2, -0.15) is 13.2 Å². The van der Waals surface area contributed by atoms with Crippen molar-refractivity contribution in [1.82, 2.24) is 5.32 Å². The third-order valence-electron chi connectivity index (χ3n) is 3.91. The Kier molecular flexibility index (Phi) is 4.70. The number of aryl methyl sites for hydroxylation is 1. The molecule has 0 amide bonds. The first kappa shape index (κ1) is 15.3. The lowest BCUT2D eigenvalue weighted by Crippen LogP contribution is -2.21. The number of hydrogen-bond acceptors (Lipinski definition) is 2. The molecule has 0 saturated carbocycles. The van der Waals surface area contributed by atoms with Crippen LogP contribution in [0.5, 0.6) is 0 Å². The Morgan fingerprint density at radius 3 is 2.65 bits per heavy atom. The SMILES string of the molecule is CNC(CC1CCOC1)c1ccc(C(F)(F)F)cc1C. The maximum Gasteiger partial charge on any atom is 0.416 e. The molecule has 2 unspecified atom stereocenters. The Morgan fingerprint density at radius 1 is 1.40 bits per heavy atom. The third-order valence-corrected chi connectivity index (χ3v) is 3.91. The first-order chi connectivity index (χ1) is 9.41. The summed E-state index contributed by atoms with van der Waals surface area (Å²) in [4.78, 5) is 0. The molecule has 1 saturated heterocycles. The summed E-state index contributed by atoms with van der Waals surface area (Å²) in [5.74, 6) is 0.481. The summed E-state index contributed by atoms with van der Waals surface area (Å²) in [7, 11) is 1.84. The van der Waals surface area contributed by atoms with Crippen molar-refractivity contribution in [2.45, 2.75) is 32.0 Å². The average molecular weight is 287 g/mol. The van der Waals surface area contributed by atoms with E-state index in [1.54, 1.807) is 13.0 Å². The van der Waals surface area contributed by atoms with Crippen molar-refractivity contribution in [2.24, 2.45) is 5.92 Å². The molecule has 2 nitrogen and oxygen atoms in total. The zero-order valence-electron chi connectivity index (χ0n) is 11.8. The normalized spacial score (nSPS) is 21.1. The molecule has 1 aliphatic rings. The van der Waals surface area contributed by atoms with Gasteiger partial charge >= 0.3 is 6.18 Å². The minimum Gasteiger partial charge on any atom is -0.381 e. The highest BCUT2D eigenvalue weighted by molar-refractivity contribution is 5.34. The van der Waals surface area contributed by atoms with Gasteiger partial charge in [-0.05, 0) is 56.0 Å². The summed E-state index contributed by atoms with van der Waals surface area (Å²) >= 11 is 0. The number of nitrogens with one attached hydrogen (secondary N) is 1. The highest BCUT2D eigenvalue weighted by atomic mass is 19.4. The predicted octanol–water partition coefficient (Wildman–Crippen LogP) is 3.70. The molecule has 1 fully saturated rings. The van der Waals surface area contributed by atoms with Crippen molar-refractivity contribution in [3.05, 3.63) is 34.9 Å². The van der Waals surface area contributed by atoms with E-state index in [4.69, 9.17) is 4.74 Å². The van der Waals surface area contributed by atoms with Crippen LogP contribution in [0, 0.1) is 12.8 Å². The van der Waals surface area contributed by atoms with E-state index in [0.717, 1.165) is 37.7 Å². The average Bonchev–Trinajstić information content (AvgIpc) is 2.88. The summed E-state index contributed by atoms with van der Waals surface area (Å²) < 4.78 is 43.4. The summed E-state index contributed by atoms with van der Waals surface area (Å²) in [6, 6.07) is 4.06. The molecule has 5 heteroatoms. The Hall–Kier alpha value is -1.07. The van der Waals surface area contributed by atoms with E-state index in [2.05, 4.69) is 5.32 Å². The molecule has 1 heterocycles. The fourth-order valence-corrected chi connectivity index (χ4v) is 2.75. The van der Waals surface area contributed by atoms with E-state index in [1.165, 1.54) is 6.07 Å². The number of benzene rings is 1. The second kappa shape index (κ2) is 6.14. The Bertz CT molecular complexity index is 453. The second-order valence-corrected chi connectivity index (χ2v) is 5.38. The van der Waals surface area contributed by atoms with Crippen LogP contribution in [0.2, 0.25) is 0 Å². The molecule has 0 aromatic heterocycles. The zero-order chi connectivity index (χ0) is 14.8. The molecule has 1 aliphatic heterocycles. The molecule has 0 radical (unpaired) electrons. The fraction of sp³-hybridized carbons (Fsp3) is 0.600. The largest absolute Gasteiger partial charge is 0.416 e. The molecular weight excluding hydrogens is 267 g/mol. The molecule has 0 bridgehead atoms. The van der Waals surface area contributed by atoms with E-state index in [0.29, 0.717) is 11.5 Å². The van der Waals surface area contributed by atoms with Crippen LogP contribution in [0.25, 0.3) is 0 Å². The molecule has 20 heavy (non-hydrogen) atoms. The van der Waals surface area contributed by atoms with Crippen LogP contribution < -0.4 is 5.32 Å². The second-order valence-electron chi connectivity index (χ2n) is 5.38. The first-order valence-corrected chi connectivity index (χ1v) is 6.84. The van der Waals surface area contributed by atoms with Gasteiger partial charge in [0.25, 0.3) is 0 Å². The van der Waals surface area contributed by atoms with Gasteiger partial charge < -0.3 is 10.1 Å². The quantitative estimate of drug-likeness (QED) is 0.911. The summed E-state index contributed by atoms with van der Waals surface area (Å²) in [5, 5.41) is 3.21. The van der Waals surface area contributed by atoms with Crippen LogP contribution in [0.1, 0.15) is 35.6 Å². The molecule has 1 N–H and O–H groups in total. The Labute approximate surface area is 117 Å². The van der Waals surface area contributed by atoms with Crippen molar-refractivity contribution < 1.29 is 17.9 Å². The number of hydrogen-bond donors (Lipinski definition) is 1. The van der Waals surface area contributed by atoms with Gasteiger partial charge in [-0.15, -0.1) is 0 Å². The smallest absolute Gasteiger partial charge is 0.381 e. The predicted molar refractivity (Wildman–Crippen MR) is 71.5 cm³/mol. The van der Waals surface area contributed by atoms with E-state index in [1.807, 2.05) is 7.05 Å². The van der Waals surface area contributed by atoms with E-state index >= 15 is 0 Å². The fourth-order valence-electron chi connectivity index (χ4n) is 2.75. The lowest BCUT2D eigenvalue weighted by molar-refractivity contribution is -0.137. The monoisotopic (exact) mass is 287 g/mol. The maximum absolute atomic E-state index is 12.7. The number of rotatable bonds is 4. The van der Waals surface area contributed by atoms with Gasteiger partial charge in [-0.3, -0.25) is 0 Å². The minimum atomic E-state index is -4.28. The first-order valence-electron chi connectivity index (χ1n) is 6.84. The van der Waals surface area contributed by atoms with Crippen molar-refractivity contribution in [3.8, 4) is 0 Å². The molecule has 112 valence electrons. The summed E-state index contributed by atoms with van der Waals surface area (Å²) in [5.41, 5.74) is 1.03. The van der Waals surface area contributed by atoms with Gasteiger partial charge in [0.05, 0.1) is 5.56 Å². The lowest BCUT2D eigenvalue weighted by atomic mass is 9.91. The summed E-state index contributed by atoms with van der Waals surface area (Å²) in [6.45, 7) is 3.27. The molecule has 1 aromatic rings. The van der Waals surface area contributed by atoms with E-state index in [9.17, 15) is 13.2 Å². The maximum atomic E-state index is 12.7. The van der Waals surface area contributed by atoms with Crippen molar-refractivity contribution >= 4 is 0 Å². The molecular formula is C15H20F3NO. The van der Waals surface area contributed by atoms with E-state index in [-0.39, 0.29) is 6.04 Å². The topological polar surface area (TPSA) is 21.3 Å². The van der Waals surface area contributed by atoms with Gasteiger partial charge in [0.1, 0.15) is 0 Å².